The molecule has 2 rings (SSSR count). The molecular weight excluding hydrogens is 222 g/mol. The van der Waals surface area contributed by atoms with Crippen LogP contribution in [0.3, 0.4) is 0 Å². The number of nitrogens with two attached hydrogens (primary N) is 1. The lowest BCUT2D eigenvalue weighted by molar-refractivity contribution is 0.0205. The van der Waals surface area contributed by atoms with Crippen molar-refractivity contribution in [3.8, 4) is 0 Å². The van der Waals surface area contributed by atoms with Crippen molar-refractivity contribution in [2.75, 3.05) is 6.61 Å². The summed E-state index contributed by atoms with van der Waals surface area (Å²) in [6.07, 6.45) is 6.84. The highest BCUT2D eigenvalue weighted by atomic mass is 16.5. The van der Waals surface area contributed by atoms with Gasteiger partial charge in [0.1, 0.15) is 0 Å². The summed E-state index contributed by atoms with van der Waals surface area (Å²) in [6, 6.07) is 6.46. The number of benzene rings is 1. The summed E-state index contributed by atoms with van der Waals surface area (Å²) in [7, 11) is 0. The van der Waals surface area contributed by atoms with Crippen LogP contribution in [-0.4, -0.2) is 12.7 Å². The van der Waals surface area contributed by atoms with Crippen molar-refractivity contribution in [2.24, 2.45) is 5.73 Å². The van der Waals surface area contributed by atoms with Crippen LogP contribution in [0.1, 0.15) is 54.8 Å². The number of aryl methyl sites for hydroxylation is 2. The Hall–Kier alpha value is -0.860. The molecule has 0 aromatic heterocycles. The first-order valence-corrected chi connectivity index (χ1v) is 7.11. The Labute approximate surface area is 111 Å². The fourth-order valence-corrected chi connectivity index (χ4v) is 2.80. The number of ether oxygens (including phenoxy) is 1. The van der Waals surface area contributed by atoms with Crippen molar-refractivity contribution in [1.29, 1.82) is 0 Å². The van der Waals surface area contributed by atoms with Gasteiger partial charge in [-0.15, -0.1) is 0 Å². The van der Waals surface area contributed by atoms with Crippen LogP contribution >= 0.6 is 0 Å². The molecule has 0 radical (unpaired) electrons. The predicted octanol–water partition coefficient (Wildman–Crippen LogP) is 3.65. The molecule has 1 fully saturated rings. The molecule has 0 amide bonds. The van der Waals surface area contributed by atoms with Crippen LogP contribution in [-0.2, 0) is 4.74 Å². The third-order valence-corrected chi connectivity index (χ3v) is 3.89. The molecular formula is C16H25NO. The van der Waals surface area contributed by atoms with Crippen LogP contribution in [0.15, 0.2) is 18.2 Å². The average molecular weight is 247 g/mol. The zero-order valence-electron chi connectivity index (χ0n) is 11.6. The van der Waals surface area contributed by atoms with Gasteiger partial charge in [0, 0.05) is 0 Å². The van der Waals surface area contributed by atoms with Gasteiger partial charge < -0.3 is 10.5 Å². The molecule has 2 heteroatoms. The molecule has 1 aromatic carbocycles. The highest BCUT2D eigenvalue weighted by molar-refractivity contribution is 5.32. The Balaban J connectivity index is 1.88. The molecule has 0 saturated heterocycles. The number of hydrogen-bond acceptors (Lipinski definition) is 2. The van der Waals surface area contributed by atoms with E-state index in [1.54, 1.807) is 0 Å². The van der Waals surface area contributed by atoms with Gasteiger partial charge >= 0.3 is 0 Å². The molecule has 1 aliphatic rings. The summed E-state index contributed by atoms with van der Waals surface area (Å²) < 4.78 is 5.96. The molecule has 1 atom stereocenters. The van der Waals surface area contributed by atoms with E-state index in [1.165, 1.54) is 48.8 Å². The second-order valence-corrected chi connectivity index (χ2v) is 5.56. The highest BCUT2D eigenvalue weighted by Gasteiger charge is 2.16. The first-order chi connectivity index (χ1) is 8.66. The Morgan fingerprint density at radius 3 is 2.61 bits per heavy atom. The summed E-state index contributed by atoms with van der Waals surface area (Å²) in [6.45, 7) is 4.89. The van der Waals surface area contributed by atoms with E-state index in [-0.39, 0.29) is 6.04 Å². The molecule has 1 aromatic rings. The molecule has 0 spiro atoms. The maximum absolute atomic E-state index is 6.24. The summed E-state index contributed by atoms with van der Waals surface area (Å²) in [5, 5.41) is 0. The van der Waals surface area contributed by atoms with E-state index < -0.39 is 0 Å². The standard InChI is InChI=1S/C16H25NO/c1-12-8-9-15(13(2)10-12)16(17)11-18-14-6-4-3-5-7-14/h8-10,14,16H,3-7,11,17H2,1-2H3. The lowest BCUT2D eigenvalue weighted by Gasteiger charge is -2.24. The molecule has 0 bridgehead atoms. The quantitative estimate of drug-likeness (QED) is 0.881. The smallest absolute Gasteiger partial charge is 0.0663 e. The van der Waals surface area contributed by atoms with Crippen molar-refractivity contribution >= 4 is 0 Å². The Kier molecular flexibility index (Phi) is 4.79. The number of rotatable bonds is 4. The summed E-state index contributed by atoms with van der Waals surface area (Å²) >= 11 is 0. The average Bonchev–Trinajstić information content (AvgIpc) is 2.37. The highest BCUT2D eigenvalue weighted by Crippen LogP contribution is 2.23. The van der Waals surface area contributed by atoms with Crippen molar-refractivity contribution < 1.29 is 4.74 Å². The van der Waals surface area contributed by atoms with Crippen LogP contribution in [0.4, 0.5) is 0 Å². The van der Waals surface area contributed by atoms with Gasteiger partial charge in [-0.2, -0.15) is 0 Å². The van der Waals surface area contributed by atoms with E-state index in [4.69, 9.17) is 10.5 Å². The minimum absolute atomic E-state index is 0.00697. The predicted molar refractivity (Wildman–Crippen MR) is 75.7 cm³/mol. The normalized spacial score (nSPS) is 18.8. The molecule has 1 unspecified atom stereocenters. The molecule has 1 aliphatic carbocycles. The minimum atomic E-state index is 0.00697. The van der Waals surface area contributed by atoms with Crippen LogP contribution in [0, 0.1) is 13.8 Å². The second kappa shape index (κ2) is 6.35. The summed E-state index contributed by atoms with van der Waals surface area (Å²) in [4.78, 5) is 0. The van der Waals surface area contributed by atoms with Crippen molar-refractivity contribution in [3.63, 3.8) is 0 Å². The van der Waals surface area contributed by atoms with Gasteiger partial charge in [-0.05, 0) is 37.8 Å². The Morgan fingerprint density at radius 2 is 1.94 bits per heavy atom. The van der Waals surface area contributed by atoms with Gasteiger partial charge in [-0.25, -0.2) is 0 Å². The van der Waals surface area contributed by atoms with Crippen LogP contribution < -0.4 is 5.73 Å². The van der Waals surface area contributed by atoms with Gasteiger partial charge in [0.05, 0.1) is 18.8 Å². The topological polar surface area (TPSA) is 35.2 Å². The fourth-order valence-electron chi connectivity index (χ4n) is 2.80. The lowest BCUT2D eigenvalue weighted by Crippen LogP contribution is -2.24. The first-order valence-electron chi connectivity index (χ1n) is 7.11. The van der Waals surface area contributed by atoms with Crippen LogP contribution in [0.25, 0.3) is 0 Å². The monoisotopic (exact) mass is 247 g/mol. The number of hydrogen-bond donors (Lipinski definition) is 1. The molecule has 100 valence electrons. The van der Waals surface area contributed by atoms with Crippen molar-refractivity contribution in [3.05, 3.63) is 34.9 Å². The van der Waals surface area contributed by atoms with E-state index in [9.17, 15) is 0 Å². The van der Waals surface area contributed by atoms with Gasteiger partial charge in [0.25, 0.3) is 0 Å². The van der Waals surface area contributed by atoms with Gasteiger partial charge in [-0.1, -0.05) is 43.0 Å². The van der Waals surface area contributed by atoms with Gasteiger partial charge in [0.2, 0.25) is 0 Å². The van der Waals surface area contributed by atoms with Crippen LogP contribution in [0.2, 0.25) is 0 Å². The lowest BCUT2D eigenvalue weighted by atomic mass is 9.97. The SMILES string of the molecule is Cc1ccc(C(N)COC2CCCCC2)c(C)c1. The van der Waals surface area contributed by atoms with Gasteiger partial charge in [-0.3, -0.25) is 0 Å². The first kappa shape index (κ1) is 13.6. The van der Waals surface area contributed by atoms with E-state index in [2.05, 4.69) is 32.0 Å². The molecule has 0 heterocycles. The molecule has 0 aliphatic heterocycles. The van der Waals surface area contributed by atoms with Crippen molar-refractivity contribution in [1.82, 2.24) is 0 Å². The van der Waals surface area contributed by atoms with E-state index in [1.807, 2.05) is 0 Å². The summed E-state index contributed by atoms with van der Waals surface area (Å²) in [5.74, 6) is 0. The molecule has 18 heavy (non-hydrogen) atoms. The van der Waals surface area contributed by atoms with E-state index >= 15 is 0 Å². The zero-order valence-corrected chi connectivity index (χ0v) is 11.6. The minimum Gasteiger partial charge on any atom is -0.376 e. The fraction of sp³-hybridized carbons (Fsp3) is 0.625. The third-order valence-electron chi connectivity index (χ3n) is 3.89. The maximum Gasteiger partial charge on any atom is 0.0663 e. The Bertz CT molecular complexity index is 383. The summed E-state index contributed by atoms with van der Waals surface area (Å²) in [5.41, 5.74) is 10.0. The Morgan fingerprint density at radius 1 is 1.22 bits per heavy atom. The van der Waals surface area contributed by atoms with E-state index in [0.29, 0.717) is 12.7 Å². The largest absolute Gasteiger partial charge is 0.376 e. The second-order valence-electron chi connectivity index (χ2n) is 5.56. The van der Waals surface area contributed by atoms with Crippen molar-refractivity contribution in [2.45, 2.75) is 58.1 Å². The van der Waals surface area contributed by atoms with E-state index in [0.717, 1.165) is 0 Å². The third kappa shape index (κ3) is 3.56. The zero-order chi connectivity index (χ0) is 13.0. The van der Waals surface area contributed by atoms with Gasteiger partial charge in [0.15, 0.2) is 0 Å². The molecule has 1 saturated carbocycles. The molecule has 2 N–H and O–H groups in total. The maximum atomic E-state index is 6.24. The van der Waals surface area contributed by atoms with Crippen LogP contribution in [0.5, 0.6) is 0 Å². The molecule has 2 nitrogen and oxygen atoms in total.